The minimum atomic E-state index is -0.0380. The van der Waals surface area contributed by atoms with Gasteiger partial charge in [0.2, 0.25) is 17.7 Å². The second-order valence-electron chi connectivity index (χ2n) is 7.96. The quantitative estimate of drug-likeness (QED) is 0.452. The molecule has 1 aliphatic carbocycles. The molecule has 170 valence electrons. The molecule has 0 atom stereocenters. The molecule has 1 aromatic heterocycles. The monoisotopic (exact) mass is 470 g/mol. The molecule has 0 unspecified atom stereocenters. The van der Waals surface area contributed by atoms with E-state index in [0.29, 0.717) is 39.6 Å². The molecule has 8 nitrogen and oxygen atoms in total. The number of aromatic nitrogens is 2. The molecule has 34 heavy (non-hydrogen) atoms. The van der Waals surface area contributed by atoms with Gasteiger partial charge in [-0.05, 0) is 74.2 Å². The molecule has 1 heterocycles. The van der Waals surface area contributed by atoms with Crippen molar-refractivity contribution >= 4 is 29.3 Å². The number of anilines is 2. The Balaban J connectivity index is 1.60. The Bertz CT molecular complexity index is 1280. The van der Waals surface area contributed by atoms with Crippen LogP contribution in [0.3, 0.4) is 0 Å². The standard InChI is InChI=1S/C25H22N6O2S/c1-15-9-18(12-27)10-16(2)23(15)33-24-21(34-14-22(32)29-19-7-8-19)13-28-25(31-24)30-20-5-3-17(11-26)4-6-20/h3-6,9-10,13,19H,7-8,14H2,1-2H3,(H,29,32)(H,28,30,31). The fourth-order valence-electron chi connectivity index (χ4n) is 3.26. The third-order valence-electron chi connectivity index (χ3n) is 5.08. The van der Waals surface area contributed by atoms with Gasteiger partial charge in [-0.25, -0.2) is 4.98 Å². The normalized spacial score (nSPS) is 12.4. The van der Waals surface area contributed by atoms with Crippen LogP contribution in [0, 0.1) is 36.5 Å². The van der Waals surface area contributed by atoms with Gasteiger partial charge in [0, 0.05) is 17.9 Å². The highest BCUT2D eigenvalue weighted by molar-refractivity contribution is 8.00. The van der Waals surface area contributed by atoms with Crippen LogP contribution in [-0.4, -0.2) is 27.7 Å². The molecule has 1 amide bonds. The lowest BCUT2D eigenvalue weighted by molar-refractivity contribution is -0.118. The molecule has 0 saturated heterocycles. The second-order valence-corrected chi connectivity index (χ2v) is 8.98. The fourth-order valence-corrected chi connectivity index (χ4v) is 3.97. The van der Waals surface area contributed by atoms with Crippen LogP contribution in [0.4, 0.5) is 11.6 Å². The molecule has 0 aliphatic heterocycles. The highest BCUT2D eigenvalue weighted by Crippen LogP contribution is 2.35. The van der Waals surface area contributed by atoms with Crippen LogP contribution >= 0.6 is 11.8 Å². The van der Waals surface area contributed by atoms with Gasteiger partial charge in [0.1, 0.15) is 5.75 Å². The average Bonchev–Trinajstić information content (AvgIpc) is 3.65. The van der Waals surface area contributed by atoms with Crippen molar-refractivity contribution in [2.24, 2.45) is 0 Å². The van der Waals surface area contributed by atoms with E-state index in [1.54, 1.807) is 42.6 Å². The summed E-state index contributed by atoms with van der Waals surface area (Å²) in [5, 5.41) is 24.3. The number of hydrogen-bond donors (Lipinski definition) is 2. The minimum absolute atomic E-state index is 0.0380. The Kier molecular flexibility index (Phi) is 6.95. The van der Waals surface area contributed by atoms with Crippen LogP contribution in [0.5, 0.6) is 11.6 Å². The summed E-state index contributed by atoms with van der Waals surface area (Å²) in [6.07, 6.45) is 3.68. The highest BCUT2D eigenvalue weighted by atomic mass is 32.2. The molecule has 0 spiro atoms. The summed E-state index contributed by atoms with van der Waals surface area (Å²) in [7, 11) is 0. The second kappa shape index (κ2) is 10.2. The average molecular weight is 471 g/mol. The van der Waals surface area contributed by atoms with Gasteiger partial charge in [-0.15, -0.1) is 11.8 Å². The van der Waals surface area contributed by atoms with Gasteiger partial charge in [-0.1, -0.05) is 0 Å². The SMILES string of the molecule is Cc1cc(C#N)cc(C)c1Oc1nc(Nc2ccc(C#N)cc2)ncc1SCC(=O)NC1CC1. The lowest BCUT2D eigenvalue weighted by Crippen LogP contribution is -2.27. The summed E-state index contributed by atoms with van der Waals surface area (Å²) in [5.74, 6) is 1.42. The lowest BCUT2D eigenvalue weighted by atomic mass is 10.1. The summed E-state index contributed by atoms with van der Waals surface area (Å²) in [6.45, 7) is 3.74. The van der Waals surface area contributed by atoms with Crippen molar-refractivity contribution in [3.8, 4) is 23.8 Å². The Labute approximate surface area is 202 Å². The lowest BCUT2D eigenvalue weighted by Gasteiger charge is -2.15. The van der Waals surface area contributed by atoms with Gasteiger partial charge >= 0.3 is 0 Å². The first-order chi connectivity index (χ1) is 16.4. The Morgan fingerprint density at radius 3 is 2.41 bits per heavy atom. The van der Waals surface area contributed by atoms with Crippen LogP contribution in [0.15, 0.2) is 47.5 Å². The number of carbonyl (C=O) groups is 1. The zero-order chi connectivity index (χ0) is 24.1. The van der Waals surface area contributed by atoms with E-state index in [0.717, 1.165) is 29.7 Å². The van der Waals surface area contributed by atoms with Crippen molar-refractivity contribution in [3.05, 3.63) is 64.8 Å². The first-order valence-corrected chi connectivity index (χ1v) is 11.7. The van der Waals surface area contributed by atoms with Gasteiger partial charge < -0.3 is 15.4 Å². The molecular weight excluding hydrogens is 448 g/mol. The van der Waals surface area contributed by atoms with Crippen LogP contribution < -0.4 is 15.4 Å². The van der Waals surface area contributed by atoms with Crippen LogP contribution in [0.2, 0.25) is 0 Å². The van der Waals surface area contributed by atoms with Crippen molar-refractivity contribution in [1.82, 2.24) is 15.3 Å². The Morgan fingerprint density at radius 2 is 1.79 bits per heavy atom. The predicted molar refractivity (Wildman–Crippen MR) is 129 cm³/mol. The third kappa shape index (κ3) is 5.83. The smallest absolute Gasteiger partial charge is 0.237 e. The maximum absolute atomic E-state index is 12.2. The number of nitrogens with zero attached hydrogens (tertiary/aromatic N) is 4. The van der Waals surface area contributed by atoms with E-state index in [2.05, 4.69) is 32.7 Å². The number of ether oxygens (including phenoxy) is 1. The first kappa shape index (κ1) is 23.1. The van der Waals surface area contributed by atoms with Crippen molar-refractivity contribution in [2.45, 2.75) is 37.6 Å². The van der Waals surface area contributed by atoms with Crippen molar-refractivity contribution in [1.29, 1.82) is 10.5 Å². The fraction of sp³-hybridized carbons (Fsp3) is 0.240. The van der Waals surface area contributed by atoms with Gasteiger partial charge in [-0.2, -0.15) is 15.5 Å². The van der Waals surface area contributed by atoms with E-state index >= 15 is 0 Å². The van der Waals surface area contributed by atoms with Crippen molar-refractivity contribution < 1.29 is 9.53 Å². The van der Waals surface area contributed by atoms with E-state index in [9.17, 15) is 10.1 Å². The van der Waals surface area contributed by atoms with Gasteiger partial charge in [0.05, 0.1) is 33.9 Å². The zero-order valence-electron chi connectivity index (χ0n) is 18.8. The van der Waals surface area contributed by atoms with E-state index in [1.165, 1.54) is 11.8 Å². The maximum atomic E-state index is 12.2. The first-order valence-electron chi connectivity index (χ1n) is 10.7. The number of amides is 1. The van der Waals surface area contributed by atoms with Crippen molar-refractivity contribution in [3.63, 3.8) is 0 Å². The van der Waals surface area contributed by atoms with E-state index in [1.807, 2.05) is 13.8 Å². The summed E-state index contributed by atoms with van der Waals surface area (Å²) in [6, 6.07) is 15.0. The Hall–Kier alpha value is -4.08. The van der Waals surface area contributed by atoms with E-state index < -0.39 is 0 Å². The number of aryl methyl sites for hydroxylation is 2. The zero-order valence-corrected chi connectivity index (χ0v) is 19.6. The molecule has 1 aliphatic rings. The molecule has 2 N–H and O–H groups in total. The molecule has 0 radical (unpaired) electrons. The van der Waals surface area contributed by atoms with Crippen LogP contribution in [0.1, 0.15) is 35.1 Å². The summed E-state index contributed by atoms with van der Waals surface area (Å²) in [4.78, 5) is 21.8. The molecular formula is C25H22N6O2S. The molecule has 1 fully saturated rings. The molecule has 3 aromatic rings. The number of carbonyl (C=O) groups excluding carboxylic acids is 1. The van der Waals surface area contributed by atoms with Crippen molar-refractivity contribution in [2.75, 3.05) is 11.1 Å². The number of benzene rings is 2. The van der Waals surface area contributed by atoms with Crippen LogP contribution in [-0.2, 0) is 4.79 Å². The highest BCUT2D eigenvalue weighted by Gasteiger charge is 2.23. The topological polar surface area (TPSA) is 124 Å². The molecule has 4 rings (SSSR count). The molecule has 0 bridgehead atoms. The van der Waals surface area contributed by atoms with Gasteiger partial charge in [-0.3, -0.25) is 4.79 Å². The number of thioether (sulfide) groups is 1. The summed E-state index contributed by atoms with van der Waals surface area (Å²) in [5.41, 5.74) is 3.44. The molecule has 1 saturated carbocycles. The Morgan fingerprint density at radius 1 is 1.12 bits per heavy atom. The minimum Gasteiger partial charge on any atom is -0.437 e. The van der Waals surface area contributed by atoms with E-state index in [4.69, 9.17) is 10.00 Å². The maximum Gasteiger partial charge on any atom is 0.237 e. The van der Waals surface area contributed by atoms with Crippen LogP contribution in [0.25, 0.3) is 0 Å². The number of nitrogens with one attached hydrogen (secondary N) is 2. The number of nitriles is 2. The van der Waals surface area contributed by atoms with E-state index in [-0.39, 0.29) is 11.7 Å². The molecule has 2 aromatic carbocycles. The summed E-state index contributed by atoms with van der Waals surface area (Å²) >= 11 is 1.31. The third-order valence-corrected chi connectivity index (χ3v) is 6.08. The van der Waals surface area contributed by atoms with Gasteiger partial charge in [0.25, 0.3) is 0 Å². The number of hydrogen-bond acceptors (Lipinski definition) is 8. The van der Waals surface area contributed by atoms with Gasteiger partial charge in [0.15, 0.2) is 0 Å². The predicted octanol–water partition coefficient (Wildman–Crippen LogP) is 4.74. The molecule has 9 heteroatoms. The summed E-state index contributed by atoms with van der Waals surface area (Å²) < 4.78 is 6.22. The largest absolute Gasteiger partial charge is 0.437 e. The number of rotatable bonds is 8.